The molecule has 8 heteroatoms. The molecule has 2 heterocycles. The summed E-state index contributed by atoms with van der Waals surface area (Å²) in [6.45, 7) is 1.85. The zero-order chi connectivity index (χ0) is 17.4. The van der Waals surface area contributed by atoms with Crippen molar-refractivity contribution in [1.82, 2.24) is 19.8 Å². The van der Waals surface area contributed by atoms with E-state index in [0.29, 0.717) is 21.5 Å². The molecule has 126 valence electrons. The maximum atomic E-state index is 13.1. The topological polar surface area (TPSA) is 52.3 Å². The molecule has 0 spiro atoms. The third-order valence-electron chi connectivity index (χ3n) is 3.58. The molecular formula is C17H12F2N4OS. The van der Waals surface area contributed by atoms with Gasteiger partial charge in [-0.2, -0.15) is 9.61 Å². The normalized spacial score (nSPS) is 12.4. The van der Waals surface area contributed by atoms with Crippen LogP contribution in [0, 0.1) is 11.6 Å². The van der Waals surface area contributed by atoms with Crippen LogP contribution < -0.4 is 4.74 Å². The Hall–Kier alpha value is -2.87. The van der Waals surface area contributed by atoms with E-state index in [1.807, 2.05) is 6.92 Å². The molecule has 4 rings (SSSR count). The van der Waals surface area contributed by atoms with E-state index in [1.54, 1.807) is 28.8 Å². The Bertz CT molecular complexity index is 1010. The lowest BCUT2D eigenvalue weighted by Gasteiger charge is -2.11. The van der Waals surface area contributed by atoms with E-state index in [4.69, 9.17) is 4.74 Å². The molecule has 0 saturated heterocycles. The van der Waals surface area contributed by atoms with Crippen molar-refractivity contribution in [2.45, 2.75) is 13.0 Å². The highest BCUT2D eigenvalue weighted by Crippen LogP contribution is 2.28. The van der Waals surface area contributed by atoms with Gasteiger partial charge < -0.3 is 4.74 Å². The molecule has 0 aliphatic carbocycles. The molecule has 0 aliphatic rings. The molecule has 1 atom stereocenters. The van der Waals surface area contributed by atoms with E-state index in [2.05, 4.69) is 15.3 Å². The van der Waals surface area contributed by atoms with Crippen molar-refractivity contribution in [2.24, 2.45) is 0 Å². The van der Waals surface area contributed by atoms with Crippen LogP contribution in [0.25, 0.3) is 16.3 Å². The number of benzene rings is 2. The Labute approximate surface area is 145 Å². The first-order valence-electron chi connectivity index (χ1n) is 7.50. The maximum Gasteiger partial charge on any atom is 0.235 e. The van der Waals surface area contributed by atoms with Crippen LogP contribution in [0.4, 0.5) is 8.78 Å². The van der Waals surface area contributed by atoms with Crippen LogP contribution in [0.5, 0.6) is 5.75 Å². The van der Waals surface area contributed by atoms with Crippen molar-refractivity contribution >= 4 is 16.3 Å². The maximum absolute atomic E-state index is 13.1. The first-order valence-corrected chi connectivity index (χ1v) is 8.32. The van der Waals surface area contributed by atoms with E-state index >= 15 is 0 Å². The van der Waals surface area contributed by atoms with Crippen LogP contribution in [0.15, 0.2) is 48.5 Å². The summed E-state index contributed by atoms with van der Waals surface area (Å²) < 4.78 is 33.5. The number of nitrogens with zero attached hydrogens (tertiary/aromatic N) is 4. The number of halogens is 2. The lowest BCUT2D eigenvalue weighted by Crippen LogP contribution is -2.04. The average Bonchev–Trinajstić information content (AvgIpc) is 3.18. The highest BCUT2D eigenvalue weighted by molar-refractivity contribution is 7.16. The van der Waals surface area contributed by atoms with Gasteiger partial charge in [-0.3, -0.25) is 0 Å². The van der Waals surface area contributed by atoms with Gasteiger partial charge in [0.25, 0.3) is 0 Å². The second-order valence-corrected chi connectivity index (χ2v) is 6.37. The molecule has 0 aliphatic heterocycles. The summed E-state index contributed by atoms with van der Waals surface area (Å²) in [5, 5.41) is 13.4. The monoisotopic (exact) mass is 358 g/mol. The summed E-state index contributed by atoms with van der Waals surface area (Å²) in [5.41, 5.74) is 0.720. The molecular weight excluding hydrogens is 346 g/mol. The van der Waals surface area contributed by atoms with Crippen molar-refractivity contribution in [3.05, 3.63) is 65.2 Å². The molecule has 5 nitrogen and oxygen atoms in total. The smallest absolute Gasteiger partial charge is 0.235 e. The molecule has 0 unspecified atom stereocenters. The predicted octanol–water partition coefficient (Wildman–Crippen LogP) is 4.27. The van der Waals surface area contributed by atoms with Crippen LogP contribution in [-0.2, 0) is 0 Å². The summed E-state index contributed by atoms with van der Waals surface area (Å²) in [6, 6.07) is 11.8. The van der Waals surface area contributed by atoms with Crippen molar-refractivity contribution in [3.63, 3.8) is 0 Å². The fourth-order valence-corrected chi connectivity index (χ4v) is 3.16. The third kappa shape index (κ3) is 3.08. The summed E-state index contributed by atoms with van der Waals surface area (Å²) in [7, 11) is 0. The fourth-order valence-electron chi connectivity index (χ4n) is 2.34. The van der Waals surface area contributed by atoms with Gasteiger partial charge in [0.1, 0.15) is 23.5 Å². The highest BCUT2D eigenvalue weighted by atomic mass is 32.1. The van der Waals surface area contributed by atoms with Gasteiger partial charge in [0.2, 0.25) is 4.96 Å². The van der Waals surface area contributed by atoms with Crippen molar-refractivity contribution in [1.29, 1.82) is 0 Å². The Morgan fingerprint density at radius 3 is 2.28 bits per heavy atom. The number of rotatable bonds is 4. The van der Waals surface area contributed by atoms with Crippen molar-refractivity contribution < 1.29 is 13.5 Å². The van der Waals surface area contributed by atoms with Crippen molar-refractivity contribution in [3.8, 4) is 17.1 Å². The molecule has 2 aromatic heterocycles. The van der Waals surface area contributed by atoms with Crippen LogP contribution in [0.2, 0.25) is 0 Å². The minimum Gasteiger partial charge on any atom is -0.483 e. The second-order valence-electron chi connectivity index (χ2n) is 5.38. The molecule has 0 N–H and O–H groups in total. The minimum absolute atomic E-state index is 0.315. The Balaban J connectivity index is 1.63. The lowest BCUT2D eigenvalue weighted by molar-refractivity contribution is 0.225. The van der Waals surface area contributed by atoms with Crippen molar-refractivity contribution in [2.75, 3.05) is 0 Å². The zero-order valence-electron chi connectivity index (χ0n) is 13.1. The molecule has 0 amide bonds. The van der Waals surface area contributed by atoms with Gasteiger partial charge in [0.15, 0.2) is 10.8 Å². The van der Waals surface area contributed by atoms with Gasteiger partial charge in [-0.1, -0.05) is 11.3 Å². The number of hydrogen-bond acceptors (Lipinski definition) is 5. The minimum atomic E-state index is -0.335. The number of fused-ring (bicyclic) bond motifs is 1. The predicted molar refractivity (Wildman–Crippen MR) is 89.5 cm³/mol. The Morgan fingerprint density at radius 1 is 0.960 bits per heavy atom. The number of ether oxygens (including phenoxy) is 1. The molecule has 2 aromatic carbocycles. The molecule has 0 radical (unpaired) electrons. The fraction of sp³-hybridized carbons (Fsp3) is 0.118. The molecule has 0 fully saturated rings. The zero-order valence-corrected chi connectivity index (χ0v) is 13.9. The van der Waals surface area contributed by atoms with E-state index in [0.717, 1.165) is 5.56 Å². The van der Waals surface area contributed by atoms with Gasteiger partial charge in [-0.25, -0.2) is 8.78 Å². The second kappa shape index (κ2) is 6.21. The third-order valence-corrected chi connectivity index (χ3v) is 4.64. The SMILES string of the molecule is C[C@H](Oc1ccc(F)cc1)c1nn2c(-c3ccc(F)cc3)nnc2s1. The van der Waals surface area contributed by atoms with Gasteiger partial charge in [-0.05, 0) is 55.5 Å². The molecule has 4 aromatic rings. The first-order chi connectivity index (χ1) is 12.1. The first kappa shape index (κ1) is 15.6. The van der Waals surface area contributed by atoms with Crippen LogP contribution in [0.3, 0.4) is 0 Å². The molecule has 25 heavy (non-hydrogen) atoms. The summed E-state index contributed by atoms with van der Waals surface area (Å²) >= 11 is 1.35. The summed E-state index contributed by atoms with van der Waals surface area (Å²) in [4.78, 5) is 0.615. The van der Waals surface area contributed by atoms with Crippen LogP contribution >= 0.6 is 11.3 Å². The average molecular weight is 358 g/mol. The Morgan fingerprint density at radius 2 is 1.60 bits per heavy atom. The molecule has 0 saturated carbocycles. The van der Waals surface area contributed by atoms with E-state index < -0.39 is 0 Å². The quantitative estimate of drug-likeness (QED) is 0.547. The largest absolute Gasteiger partial charge is 0.483 e. The summed E-state index contributed by atoms with van der Waals surface area (Å²) in [6.07, 6.45) is -0.335. The van der Waals surface area contributed by atoms with Gasteiger partial charge in [-0.15, -0.1) is 10.2 Å². The van der Waals surface area contributed by atoms with E-state index in [9.17, 15) is 8.78 Å². The molecule has 0 bridgehead atoms. The van der Waals surface area contributed by atoms with E-state index in [-0.39, 0.29) is 17.7 Å². The highest BCUT2D eigenvalue weighted by Gasteiger charge is 2.18. The lowest BCUT2D eigenvalue weighted by atomic mass is 10.2. The number of aromatic nitrogens is 4. The van der Waals surface area contributed by atoms with Gasteiger partial charge in [0, 0.05) is 5.56 Å². The van der Waals surface area contributed by atoms with E-state index in [1.165, 1.54) is 35.6 Å². The standard InChI is InChI=1S/C17H12F2N4OS/c1-10(24-14-8-6-13(19)7-9-14)16-22-23-15(20-21-17(23)25-16)11-2-4-12(18)5-3-11/h2-10H,1H3/t10-/m0/s1. The van der Waals surface area contributed by atoms with Gasteiger partial charge >= 0.3 is 0 Å². The Kier molecular flexibility index (Phi) is 3.89. The van der Waals surface area contributed by atoms with Crippen LogP contribution in [0.1, 0.15) is 18.0 Å². The summed E-state index contributed by atoms with van der Waals surface area (Å²) in [5.74, 6) is 0.456. The number of hydrogen-bond donors (Lipinski definition) is 0. The van der Waals surface area contributed by atoms with Gasteiger partial charge in [0.05, 0.1) is 0 Å². The van der Waals surface area contributed by atoms with Crippen LogP contribution in [-0.4, -0.2) is 19.8 Å².